The van der Waals surface area contributed by atoms with Crippen LogP contribution in [0.5, 0.6) is 0 Å². The van der Waals surface area contributed by atoms with E-state index in [1.165, 1.54) is 35.4 Å². The maximum atomic E-state index is 15.5. The van der Waals surface area contributed by atoms with Gasteiger partial charge in [0.05, 0.1) is 33.6 Å². The number of rotatable bonds is 9. The third kappa shape index (κ3) is 6.06. The van der Waals surface area contributed by atoms with E-state index in [0.717, 1.165) is 54.6 Å². The third-order valence-electron chi connectivity index (χ3n) is 9.08. The zero-order chi connectivity index (χ0) is 32.7. The van der Waals surface area contributed by atoms with Crippen LogP contribution in [0.15, 0.2) is 73.4 Å². The van der Waals surface area contributed by atoms with E-state index < -0.39 is 17.8 Å². The van der Waals surface area contributed by atoms with Gasteiger partial charge in [-0.15, -0.1) is 5.10 Å². The fourth-order valence-corrected chi connectivity index (χ4v) is 6.62. The van der Waals surface area contributed by atoms with Crippen molar-refractivity contribution in [2.24, 2.45) is 11.8 Å². The van der Waals surface area contributed by atoms with E-state index in [4.69, 9.17) is 11.6 Å². The fraction of sp³-hybridized carbons (Fsp3) is 0.303. The number of halogens is 2. The van der Waals surface area contributed by atoms with Gasteiger partial charge in [0.2, 0.25) is 12.1 Å². The van der Waals surface area contributed by atoms with Crippen LogP contribution in [-0.4, -0.2) is 70.2 Å². The molecule has 47 heavy (non-hydrogen) atoms. The summed E-state index contributed by atoms with van der Waals surface area (Å²) in [6.45, 7) is 1.58. The van der Waals surface area contributed by atoms with Crippen LogP contribution < -0.4 is 4.73 Å². The number of benzene rings is 2. The molecule has 12 nitrogen and oxygen atoms in total. The van der Waals surface area contributed by atoms with E-state index in [1.54, 1.807) is 41.2 Å². The molecule has 7 rings (SSSR count). The van der Waals surface area contributed by atoms with Gasteiger partial charge in [-0.1, -0.05) is 23.7 Å². The maximum absolute atomic E-state index is 15.5. The Bertz CT molecular complexity index is 1940. The van der Waals surface area contributed by atoms with Crippen molar-refractivity contribution in [3.8, 4) is 27.9 Å². The Labute approximate surface area is 273 Å². The van der Waals surface area contributed by atoms with Crippen LogP contribution in [0.2, 0.25) is 5.02 Å². The van der Waals surface area contributed by atoms with Crippen LogP contribution in [-0.2, 0) is 4.79 Å². The van der Waals surface area contributed by atoms with Crippen LogP contribution in [0.3, 0.4) is 0 Å². The lowest BCUT2D eigenvalue weighted by molar-refractivity contribution is -0.910. The molecule has 2 aliphatic rings. The Morgan fingerprint density at radius 2 is 1.79 bits per heavy atom. The van der Waals surface area contributed by atoms with E-state index in [0.29, 0.717) is 23.4 Å². The molecule has 0 spiro atoms. The molecule has 4 heterocycles. The lowest BCUT2D eigenvalue weighted by Crippen LogP contribution is -2.39. The molecule has 1 saturated carbocycles. The second-order valence-corrected chi connectivity index (χ2v) is 12.4. The van der Waals surface area contributed by atoms with E-state index in [9.17, 15) is 19.9 Å². The van der Waals surface area contributed by atoms with E-state index >= 15 is 4.39 Å². The molecule has 5 aromatic rings. The molecule has 1 amide bonds. The molecule has 1 saturated heterocycles. The van der Waals surface area contributed by atoms with Crippen LogP contribution in [0.1, 0.15) is 54.2 Å². The predicted molar refractivity (Wildman–Crippen MR) is 166 cm³/mol. The molecule has 240 valence electrons. The van der Waals surface area contributed by atoms with Gasteiger partial charge in [0.25, 0.3) is 5.69 Å². The number of amides is 1. The highest BCUT2D eigenvalue weighted by Gasteiger charge is 2.47. The highest BCUT2D eigenvalue weighted by molar-refractivity contribution is 6.31. The van der Waals surface area contributed by atoms with Gasteiger partial charge in [-0.05, 0) is 84.3 Å². The summed E-state index contributed by atoms with van der Waals surface area (Å²) in [5.41, 5.74) is 2.98. The number of tetrazole rings is 1. The van der Waals surface area contributed by atoms with Gasteiger partial charge in [0.1, 0.15) is 12.4 Å². The number of aromatic nitrogens is 7. The number of pyridine rings is 1. The van der Waals surface area contributed by atoms with Crippen molar-refractivity contribution in [1.82, 2.24) is 34.9 Å². The average molecular weight is 658 g/mol. The Morgan fingerprint density at radius 3 is 2.49 bits per heavy atom. The summed E-state index contributed by atoms with van der Waals surface area (Å²) in [5.74, 6) is -1.50. The molecule has 2 fully saturated rings. The molecular formula is C33H31ClFN8O4+. The predicted octanol–water partition coefficient (Wildman–Crippen LogP) is 4.84. The Morgan fingerprint density at radius 1 is 1.02 bits per heavy atom. The van der Waals surface area contributed by atoms with Gasteiger partial charge in [0.15, 0.2) is 5.82 Å². The number of carboxylic acid groups (broad SMARTS) is 1. The first kappa shape index (κ1) is 30.5. The molecule has 2 unspecified atom stereocenters. The average Bonchev–Trinajstić information content (AvgIpc) is 3.41. The number of carbonyl (C=O) groups is 2. The number of nitrogens with zero attached hydrogens (tertiary/aromatic N) is 8. The lowest BCUT2D eigenvalue weighted by Gasteiger charge is -2.27. The van der Waals surface area contributed by atoms with Crippen molar-refractivity contribution < 1.29 is 29.0 Å². The van der Waals surface area contributed by atoms with Gasteiger partial charge in [-0.25, -0.2) is 9.18 Å². The molecule has 3 atom stereocenters. The van der Waals surface area contributed by atoms with Crippen molar-refractivity contribution in [1.29, 1.82) is 0 Å². The van der Waals surface area contributed by atoms with Crippen molar-refractivity contribution in [3.63, 3.8) is 0 Å². The van der Waals surface area contributed by atoms with Crippen molar-refractivity contribution in [2.45, 2.75) is 38.1 Å². The van der Waals surface area contributed by atoms with Crippen LogP contribution in [0.4, 0.5) is 4.39 Å². The second kappa shape index (κ2) is 12.6. The quantitative estimate of drug-likeness (QED) is 0.169. The minimum absolute atomic E-state index is 0.0833. The summed E-state index contributed by atoms with van der Waals surface area (Å²) < 4.78 is 19.5. The van der Waals surface area contributed by atoms with Crippen LogP contribution in [0, 0.1) is 17.7 Å². The first-order valence-corrected chi connectivity index (χ1v) is 15.8. The highest BCUT2D eigenvalue weighted by atomic mass is 35.5. The Kier molecular flexibility index (Phi) is 8.14. The molecule has 2 aromatic carbocycles. The molecule has 2 N–H and O–H groups in total. The first-order chi connectivity index (χ1) is 22.8. The summed E-state index contributed by atoms with van der Waals surface area (Å²) in [4.78, 5) is 26.6. The molecule has 3 aromatic heterocycles. The van der Waals surface area contributed by atoms with Crippen molar-refractivity contribution in [3.05, 3.63) is 95.5 Å². The van der Waals surface area contributed by atoms with Crippen molar-refractivity contribution >= 4 is 23.5 Å². The number of aromatic carboxylic acids is 1. The van der Waals surface area contributed by atoms with Gasteiger partial charge < -0.3 is 10.0 Å². The summed E-state index contributed by atoms with van der Waals surface area (Å²) in [6, 6.07) is 12.4. The first-order valence-electron chi connectivity index (χ1n) is 15.4. The third-order valence-corrected chi connectivity index (χ3v) is 9.37. The number of hydrogen-bond acceptors (Lipinski definition) is 7. The number of carboxylic acids is 1. The van der Waals surface area contributed by atoms with Crippen molar-refractivity contribution in [2.75, 3.05) is 13.1 Å². The summed E-state index contributed by atoms with van der Waals surface area (Å²) in [5, 5.41) is 36.5. The molecule has 1 aliphatic carbocycles. The highest BCUT2D eigenvalue weighted by Crippen LogP contribution is 2.47. The smallest absolute Gasteiger partial charge is 0.335 e. The normalized spacial score (nSPS) is 18.2. The van der Waals surface area contributed by atoms with Crippen LogP contribution in [0.25, 0.3) is 27.9 Å². The van der Waals surface area contributed by atoms with E-state index in [1.807, 2.05) is 11.1 Å². The summed E-state index contributed by atoms with van der Waals surface area (Å²) in [7, 11) is 0. The topological polar surface area (TPSA) is 143 Å². The number of likely N-dealkylation sites (tertiary alicyclic amines) is 1. The maximum Gasteiger partial charge on any atom is 0.335 e. The SMILES string of the molecule is O=C(O)c1ccc(-c2cnn([C@@H](CC3CC3C(=O)N3CCCCC3)c3ccc(-c4c(-n5cnnn5)ccc(Cl)c4F)c[n+]3O)c2)cc1. The van der Waals surface area contributed by atoms with Crippen LogP contribution >= 0.6 is 11.6 Å². The zero-order valence-electron chi connectivity index (χ0n) is 25.2. The van der Waals surface area contributed by atoms with Gasteiger partial charge in [-0.3, -0.25) is 14.7 Å². The molecular weight excluding hydrogens is 627 g/mol. The fourth-order valence-electron chi connectivity index (χ4n) is 6.46. The number of hydrogen-bond donors (Lipinski definition) is 2. The Hall–Kier alpha value is -5.17. The molecule has 1 aliphatic heterocycles. The molecule has 0 radical (unpaired) electrons. The number of carbonyl (C=O) groups excluding carboxylic acids is 1. The summed E-state index contributed by atoms with van der Waals surface area (Å²) >= 11 is 6.16. The van der Waals surface area contributed by atoms with E-state index in [-0.39, 0.29) is 33.9 Å². The van der Waals surface area contributed by atoms with Gasteiger partial charge >= 0.3 is 5.97 Å². The molecule has 0 bridgehead atoms. The monoisotopic (exact) mass is 657 g/mol. The minimum Gasteiger partial charge on any atom is -0.478 e. The standard InChI is InChI=1S/C33H30ClFN8O4/c34-26-9-11-28(42-19-36-38-39-42)30(31(26)35)22-8-10-27(43(47)18-22)29(15-23-14-25(23)32(44)40-12-2-1-3-13-40)41-17-24(16-37-41)20-4-6-21(7-5-20)33(45)46/h4-11,16-19,23,25,29H,1-3,12-15H2,(H-,45,46,47)/p+1/t23?,25?,29-/m0/s1. The second-order valence-electron chi connectivity index (χ2n) is 12.0. The largest absolute Gasteiger partial charge is 0.478 e. The number of piperidine rings is 1. The molecule has 14 heteroatoms. The summed E-state index contributed by atoms with van der Waals surface area (Å²) in [6.07, 6.45) is 10.7. The van der Waals surface area contributed by atoms with Gasteiger partial charge in [0, 0.05) is 41.6 Å². The Balaban J connectivity index is 1.23. The van der Waals surface area contributed by atoms with E-state index in [2.05, 4.69) is 20.6 Å². The minimum atomic E-state index is -1.01. The zero-order valence-corrected chi connectivity index (χ0v) is 25.9. The van der Waals surface area contributed by atoms with Gasteiger partial charge in [-0.2, -0.15) is 9.78 Å². The lowest BCUT2D eigenvalue weighted by atomic mass is 10.0.